The maximum Gasteiger partial charge on any atom is 0.399 e. The highest BCUT2D eigenvalue weighted by Crippen LogP contribution is 2.41. The molecule has 2 aromatic rings. The van der Waals surface area contributed by atoms with Crippen molar-refractivity contribution in [3.05, 3.63) is 67.4 Å². The lowest BCUT2D eigenvalue weighted by atomic mass is 9.97. The average Bonchev–Trinajstić information content (AvgIpc) is 2.63. The Kier molecular flexibility index (Phi) is 8.72. The molecule has 0 bridgehead atoms. The summed E-state index contributed by atoms with van der Waals surface area (Å²) >= 11 is 23.4. The minimum atomic E-state index is -4.68. The van der Waals surface area contributed by atoms with Gasteiger partial charge in [0.25, 0.3) is 0 Å². The molecular weight excluding hydrogens is 528 g/mol. The van der Waals surface area contributed by atoms with E-state index in [0.29, 0.717) is 0 Å². The van der Waals surface area contributed by atoms with E-state index in [4.69, 9.17) is 46.4 Å². The van der Waals surface area contributed by atoms with Gasteiger partial charge in [-0.15, -0.1) is 0 Å². The Morgan fingerprint density at radius 2 is 1.59 bits per heavy atom. The number of hydrogen-bond donors (Lipinski definition) is 1. The minimum Gasteiger partial charge on any atom is -0.350 e. The van der Waals surface area contributed by atoms with Crippen molar-refractivity contribution in [1.82, 2.24) is 10.3 Å². The molecule has 0 saturated carbocycles. The molecule has 0 spiro atoms. The summed E-state index contributed by atoms with van der Waals surface area (Å²) in [4.78, 5) is 15.1. The van der Waals surface area contributed by atoms with E-state index in [2.05, 4.69) is 4.98 Å². The average molecular weight is 540 g/mol. The summed E-state index contributed by atoms with van der Waals surface area (Å²) in [6, 6.07) is 3.36. The first kappa shape index (κ1) is 26.6. The molecule has 1 aromatic heterocycles. The minimum absolute atomic E-state index is 0.0444. The Morgan fingerprint density at radius 3 is 2.09 bits per heavy atom. The Bertz CT molecular complexity index is 1000. The fourth-order valence-electron chi connectivity index (χ4n) is 2.50. The SMILES string of the molecule is O=C(CC(F)(F)F)NCc1ncc(C=C[C@H](c2cc(Cl)c(Cl)c(Cl)c2)C(F)(F)F)cc1Cl. The highest BCUT2D eigenvalue weighted by atomic mass is 35.5. The molecule has 0 saturated heterocycles. The van der Waals surface area contributed by atoms with Crippen LogP contribution in [0.1, 0.15) is 29.2 Å². The van der Waals surface area contributed by atoms with Crippen molar-refractivity contribution in [1.29, 1.82) is 0 Å². The molecule has 1 atom stereocenters. The van der Waals surface area contributed by atoms with Gasteiger partial charge in [-0.3, -0.25) is 9.78 Å². The normalized spacial score (nSPS) is 13.4. The first-order valence-electron chi connectivity index (χ1n) is 8.54. The number of nitrogens with one attached hydrogen (secondary N) is 1. The number of hydrogen-bond acceptors (Lipinski definition) is 2. The number of pyridine rings is 1. The molecule has 0 radical (unpaired) electrons. The summed E-state index contributed by atoms with van der Waals surface area (Å²) in [6.07, 6.45) is -7.90. The van der Waals surface area contributed by atoms with Crippen LogP contribution < -0.4 is 5.32 Å². The van der Waals surface area contributed by atoms with Gasteiger partial charge in [0.15, 0.2) is 0 Å². The molecule has 0 aliphatic rings. The van der Waals surface area contributed by atoms with E-state index in [9.17, 15) is 31.1 Å². The summed E-state index contributed by atoms with van der Waals surface area (Å²) in [6.45, 7) is -0.384. The predicted molar refractivity (Wildman–Crippen MR) is 111 cm³/mol. The standard InChI is InChI=1S/C19H12Cl4F6N2O/c20-12-3-9(7-30-15(12)8-31-16(32)6-18(24,25)26)1-2-11(19(27,28)29)10-4-13(21)17(23)14(22)5-10/h1-5,7,11H,6,8H2,(H,31,32)/t11-/m1/s1. The van der Waals surface area contributed by atoms with Crippen LogP contribution in [0.3, 0.4) is 0 Å². The van der Waals surface area contributed by atoms with Gasteiger partial charge in [-0.1, -0.05) is 58.6 Å². The number of nitrogens with zero attached hydrogens (tertiary/aromatic N) is 1. The van der Waals surface area contributed by atoms with Crippen molar-refractivity contribution >= 4 is 58.4 Å². The molecule has 0 unspecified atom stereocenters. The fraction of sp³-hybridized carbons (Fsp3) is 0.263. The van der Waals surface area contributed by atoms with Gasteiger partial charge in [-0.25, -0.2) is 0 Å². The predicted octanol–water partition coefficient (Wildman–Crippen LogP) is 7.62. The quantitative estimate of drug-likeness (QED) is 0.303. The third-order valence-corrected chi connectivity index (χ3v) is 5.48. The van der Waals surface area contributed by atoms with E-state index >= 15 is 0 Å². The van der Waals surface area contributed by atoms with Crippen LogP contribution in [0, 0.1) is 0 Å². The molecule has 0 aliphatic carbocycles. The second-order valence-corrected chi connectivity index (χ2v) is 8.04. The molecule has 174 valence electrons. The largest absolute Gasteiger partial charge is 0.399 e. The number of rotatable bonds is 6. The highest BCUT2D eigenvalue weighted by Gasteiger charge is 2.39. The lowest BCUT2D eigenvalue weighted by Crippen LogP contribution is -2.28. The van der Waals surface area contributed by atoms with Gasteiger partial charge < -0.3 is 5.32 Å². The van der Waals surface area contributed by atoms with Gasteiger partial charge in [0.1, 0.15) is 6.42 Å². The number of alkyl halides is 6. The lowest BCUT2D eigenvalue weighted by Gasteiger charge is -2.18. The van der Waals surface area contributed by atoms with Gasteiger partial charge in [0, 0.05) is 6.20 Å². The molecule has 1 aromatic carbocycles. The molecule has 1 amide bonds. The third kappa shape index (κ3) is 7.72. The van der Waals surface area contributed by atoms with Crippen LogP contribution in [-0.4, -0.2) is 23.2 Å². The van der Waals surface area contributed by atoms with E-state index < -0.39 is 30.6 Å². The number of halogens is 10. The van der Waals surface area contributed by atoms with E-state index in [0.717, 1.165) is 30.5 Å². The van der Waals surface area contributed by atoms with Crippen molar-refractivity contribution in [3.8, 4) is 0 Å². The van der Waals surface area contributed by atoms with Crippen LogP contribution in [0.2, 0.25) is 20.1 Å². The smallest absolute Gasteiger partial charge is 0.350 e. The van der Waals surface area contributed by atoms with E-state index in [1.807, 2.05) is 5.32 Å². The Balaban J connectivity index is 2.20. The number of carbonyl (C=O) groups is 1. The first-order valence-corrected chi connectivity index (χ1v) is 10.1. The second kappa shape index (κ2) is 10.5. The van der Waals surface area contributed by atoms with Crippen LogP contribution in [0.15, 0.2) is 30.5 Å². The van der Waals surface area contributed by atoms with E-state index in [1.54, 1.807) is 0 Å². The number of benzene rings is 1. The zero-order valence-corrected chi connectivity index (χ0v) is 18.6. The molecular formula is C19H12Cl4F6N2O. The van der Waals surface area contributed by atoms with Gasteiger partial charge in [-0.2, -0.15) is 26.3 Å². The van der Waals surface area contributed by atoms with Gasteiger partial charge >= 0.3 is 12.4 Å². The number of amides is 1. The van der Waals surface area contributed by atoms with Gasteiger partial charge in [0.2, 0.25) is 5.91 Å². The summed E-state index contributed by atoms with van der Waals surface area (Å²) in [7, 11) is 0. The van der Waals surface area contributed by atoms with E-state index in [1.165, 1.54) is 6.07 Å². The zero-order valence-electron chi connectivity index (χ0n) is 15.6. The number of aromatic nitrogens is 1. The number of carbonyl (C=O) groups excluding carboxylic acids is 1. The van der Waals surface area contributed by atoms with E-state index in [-0.39, 0.29) is 43.5 Å². The molecule has 0 aliphatic heterocycles. The van der Waals surface area contributed by atoms with Crippen molar-refractivity contribution in [2.45, 2.75) is 31.2 Å². The van der Waals surface area contributed by atoms with Crippen LogP contribution >= 0.6 is 46.4 Å². The topological polar surface area (TPSA) is 42.0 Å². The molecule has 1 N–H and O–H groups in total. The zero-order chi connectivity index (χ0) is 24.3. The van der Waals surface area contributed by atoms with Crippen molar-refractivity contribution in [2.24, 2.45) is 0 Å². The Hall–Kier alpha value is -1.68. The Morgan fingerprint density at radius 1 is 1.00 bits per heavy atom. The Labute approximate surface area is 198 Å². The fourth-order valence-corrected chi connectivity index (χ4v) is 3.35. The van der Waals surface area contributed by atoms with Gasteiger partial charge in [0.05, 0.1) is 38.2 Å². The molecule has 0 fully saturated rings. The summed E-state index contributed by atoms with van der Waals surface area (Å²) in [5.41, 5.74) is -0.0139. The highest BCUT2D eigenvalue weighted by molar-refractivity contribution is 6.48. The summed E-state index contributed by atoms with van der Waals surface area (Å²) in [5.74, 6) is -3.34. The molecule has 13 heteroatoms. The maximum absolute atomic E-state index is 13.6. The van der Waals surface area contributed by atoms with Crippen LogP contribution in [0.4, 0.5) is 26.3 Å². The van der Waals surface area contributed by atoms with Gasteiger partial charge in [-0.05, 0) is 29.3 Å². The van der Waals surface area contributed by atoms with Crippen molar-refractivity contribution < 1.29 is 31.1 Å². The summed E-state index contributed by atoms with van der Waals surface area (Å²) in [5, 5.41) is 1.61. The van der Waals surface area contributed by atoms with Crippen molar-refractivity contribution in [2.75, 3.05) is 0 Å². The third-order valence-electron chi connectivity index (χ3n) is 3.95. The maximum atomic E-state index is 13.6. The first-order chi connectivity index (χ1) is 14.7. The van der Waals surface area contributed by atoms with Crippen LogP contribution in [-0.2, 0) is 11.3 Å². The lowest BCUT2D eigenvalue weighted by molar-refractivity contribution is -0.153. The summed E-state index contributed by atoms with van der Waals surface area (Å²) < 4.78 is 77.3. The second-order valence-electron chi connectivity index (χ2n) is 6.44. The molecule has 2 rings (SSSR count). The number of allylic oxidation sites excluding steroid dienone is 1. The molecule has 32 heavy (non-hydrogen) atoms. The van der Waals surface area contributed by atoms with Crippen molar-refractivity contribution in [3.63, 3.8) is 0 Å². The molecule has 3 nitrogen and oxygen atoms in total. The van der Waals surface area contributed by atoms with Crippen LogP contribution in [0.5, 0.6) is 0 Å². The van der Waals surface area contributed by atoms with Crippen LogP contribution in [0.25, 0.3) is 6.08 Å². The molecule has 1 heterocycles. The monoisotopic (exact) mass is 538 g/mol.